The molecule has 4 heteroatoms. The van der Waals surface area contributed by atoms with Crippen LogP contribution >= 0.6 is 0 Å². The third-order valence-electron chi connectivity index (χ3n) is 2.70. The number of carbonyl (C=O) groups is 1. The van der Waals surface area contributed by atoms with Crippen molar-refractivity contribution in [1.82, 2.24) is 10.3 Å². The molecular formula is C13H17N3O. The number of nitrogens with one attached hydrogen (secondary N) is 3. The van der Waals surface area contributed by atoms with Crippen LogP contribution in [-0.4, -0.2) is 24.5 Å². The average molecular weight is 231 g/mol. The minimum Gasteiger partial charge on any atom is -0.361 e. The molecule has 0 saturated carbocycles. The Morgan fingerprint density at radius 1 is 1.35 bits per heavy atom. The zero-order valence-electron chi connectivity index (χ0n) is 9.92. The first-order valence-electron chi connectivity index (χ1n) is 5.82. The van der Waals surface area contributed by atoms with Crippen LogP contribution in [0.25, 0.3) is 10.9 Å². The number of amides is 1. The summed E-state index contributed by atoms with van der Waals surface area (Å²) in [4.78, 5) is 14.8. The van der Waals surface area contributed by atoms with Gasteiger partial charge >= 0.3 is 0 Å². The van der Waals surface area contributed by atoms with Crippen LogP contribution in [0.2, 0.25) is 0 Å². The molecule has 0 atom stereocenters. The number of rotatable bonds is 5. The molecule has 2 rings (SSSR count). The van der Waals surface area contributed by atoms with E-state index >= 15 is 0 Å². The maximum absolute atomic E-state index is 11.7. The van der Waals surface area contributed by atoms with E-state index in [1.165, 1.54) is 0 Å². The van der Waals surface area contributed by atoms with Crippen LogP contribution in [0.3, 0.4) is 0 Å². The number of aromatic nitrogens is 1. The van der Waals surface area contributed by atoms with Gasteiger partial charge in [-0.15, -0.1) is 0 Å². The van der Waals surface area contributed by atoms with E-state index in [0.717, 1.165) is 29.6 Å². The Morgan fingerprint density at radius 2 is 2.24 bits per heavy atom. The largest absolute Gasteiger partial charge is 0.361 e. The molecule has 90 valence electrons. The summed E-state index contributed by atoms with van der Waals surface area (Å²) >= 11 is 0. The predicted molar refractivity (Wildman–Crippen MR) is 70.1 cm³/mol. The second-order valence-corrected chi connectivity index (χ2v) is 4.00. The Labute approximate surface area is 100 Å². The van der Waals surface area contributed by atoms with Gasteiger partial charge in [-0.3, -0.25) is 4.79 Å². The Bertz CT molecular complexity index is 504. The molecule has 0 unspecified atom stereocenters. The highest BCUT2D eigenvalue weighted by Crippen LogP contribution is 2.22. The number of anilines is 1. The number of carbonyl (C=O) groups excluding carboxylic acids is 1. The topological polar surface area (TPSA) is 56.9 Å². The minimum absolute atomic E-state index is 0.0638. The summed E-state index contributed by atoms with van der Waals surface area (Å²) in [6, 6.07) is 7.82. The van der Waals surface area contributed by atoms with Gasteiger partial charge in [0.2, 0.25) is 5.91 Å². The van der Waals surface area contributed by atoms with Gasteiger partial charge in [0.15, 0.2) is 0 Å². The highest BCUT2D eigenvalue weighted by Gasteiger charge is 2.05. The Balaban J connectivity index is 2.03. The van der Waals surface area contributed by atoms with Crippen molar-refractivity contribution in [3.8, 4) is 0 Å². The van der Waals surface area contributed by atoms with Crippen LogP contribution in [0.15, 0.2) is 30.5 Å². The summed E-state index contributed by atoms with van der Waals surface area (Å²) in [6.45, 7) is 0.863. The van der Waals surface area contributed by atoms with E-state index in [1.807, 2.05) is 37.5 Å². The van der Waals surface area contributed by atoms with Gasteiger partial charge in [-0.05, 0) is 38.2 Å². The highest BCUT2D eigenvalue weighted by molar-refractivity contribution is 6.01. The number of H-pyrrole nitrogens is 1. The summed E-state index contributed by atoms with van der Waals surface area (Å²) in [7, 11) is 1.89. The van der Waals surface area contributed by atoms with Gasteiger partial charge in [0, 0.05) is 23.5 Å². The van der Waals surface area contributed by atoms with Crippen LogP contribution in [-0.2, 0) is 4.79 Å². The summed E-state index contributed by atoms with van der Waals surface area (Å²) in [5.41, 5.74) is 1.91. The monoisotopic (exact) mass is 231 g/mol. The van der Waals surface area contributed by atoms with Gasteiger partial charge in [0.1, 0.15) is 0 Å². The lowest BCUT2D eigenvalue weighted by Gasteiger charge is -2.06. The first-order chi connectivity index (χ1) is 8.31. The van der Waals surface area contributed by atoms with Crippen LogP contribution in [0.5, 0.6) is 0 Å². The Hall–Kier alpha value is -1.81. The molecule has 2 aromatic rings. The molecule has 1 aromatic heterocycles. The summed E-state index contributed by atoms with van der Waals surface area (Å²) in [5.74, 6) is 0.0638. The van der Waals surface area contributed by atoms with E-state index in [1.54, 1.807) is 0 Å². The van der Waals surface area contributed by atoms with Crippen molar-refractivity contribution in [3.63, 3.8) is 0 Å². The van der Waals surface area contributed by atoms with E-state index in [4.69, 9.17) is 0 Å². The maximum atomic E-state index is 11.7. The number of hydrogen-bond donors (Lipinski definition) is 3. The molecule has 0 bridgehead atoms. The van der Waals surface area contributed by atoms with Gasteiger partial charge in [-0.2, -0.15) is 0 Å². The van der Waals surface area contributed by atoms with E-state index < -0.39 is 0 Å². The lowest BCUT2D eigenvalue weighted by molar-refractivity contribution is -0.116. The summed E-state index contributed by atoms with van der Waals surface area (Å²) in [6.07, 6.45) is 3.27. The van der Waals surface area contributed by atoms with Crippen molar-refractivity contribution in [2.24, 2.45) is 0 Å². The average Bonchev–Trinajstić information content (AvgIpc) is 2.78. The van der Waals surface area contributed by atoms with Crippen LogP contribution in [0.4, 0.5) is 5.69 Å². The molecule has 0 saturated heterocycles. The van der Waals surface area contributed by atoms with Gasteiger partial charge < -0.3 is 15.6 Å². The molecule has 1 aromatic carbocycles. The molecule has 0 aliphatic rings. The van der Waals surface area contributed by atoms with Crippen molar-refractivity contribution < 1.29 is 4.79 Å². The Morgan fingerprint density at radius 3 is 3.06 bits per heavy atom. The van der Waals surface area contributed by atoms with Crippen molar-refractivity contribution in [2.75, 3.05) is 18.9 Å². The zero-order chi connectivity index (χ0) is 12.1. The fourth-order valence-corrected chi connectivity index (χ4v) is 1.83. The summed E-state index contributed by atoms with van der Waals surface area (Å²) in [5, 5.41) is 7.02. The number of aromatic amines is 1. The molecule has 0 spiro atoms. The van der Waals surface area contributed by atoms with Crippen LogP contribution in [0.1, 0.15) is 12.8 Å². The van der Waals surface area contributed by atoms with E-state index in [2.05, 4.69) is 15.6 Å². The fraction of sp³-hybridized carbons (Fsp3) is 0.308. The van der Waals surface area contributed by atoms with Crippen molar-refractivity contribution >= 4 is 22.5 Å². The van der Waals surface area contributed by atoms with Crippen LogP contribution < -0.4 is 10.6 Å². The Kier molecular flexibility index (Phi) is 3.77. The third-order valence-corrected chi connectivity index (χ3v) is 2.70. The second kappa shape index (κ2) is 5.50. The molecular weight excluding hydrogens is 214 g/mol. The number of fused-ring (bicyclic) bond motifs is 1. The van der Waals surface area contributed by atoms with E-state index in [9.17, 15) is 4.79 Å². The molecule has 1 amide bonds. The van der Waals surface area contributed by atoms with Gasteiger partial charge in [-0.1, -0.05) is 6.07 Å². The lowest BCUT2D eigenvalue weighted by atomic mass is 10.2. The maximum Gasteiger partial charge on any atom is 0.224 e. The third kappa shape index (κ3) is 2.85. The molecule has 4 nitrogen and oxygen atoms in total. The molecule has 17 heavy (non-hydrogen) atoms. The minimum atomic E-state index is 0.0638. The van der Waals surface area contributed by atoms with Gasteiger partial charge in [0.05, 0.1) is 5.69 Å². The smallest absolute Gasteiger partial charge is 0.224 e. The van der Waals surface area contributed by atoms with Gasteiger partial charge in [0.25, 0.3) is 0 Å². The predicted octanol–water partition coefficient (Wildman–Crippen LogP) is 2.11. The van der Waals surface area contributed by atoms with E-state index in [-0.39, 0.29) is 5.91 Å². The summed E-state index contributed by atoms with van der Waals surface area (Å²) < 4.78 is 0. The van der Waals surface area contributed by atoms with Gasteiger partial charge in [-0.25, -0.2) is 0 Å². The molecule has 0 aliphatic heterocycles. The first kappa shape index (κ1) is 11.7. The van der Waals surface area contributed by atoms with Crippen molar-refractivity contribution in [3.05, 3.63) is 30.5 Å². The standard InChI is InChI=1S/C13H17N3O/c1-14-8-3-6-13(17)16-12-5-2-4-11-10(12)7-9-15-11/h2,4-5,7,9,14-15H,3,6,8H2,1H3,(H,16,17). The molecule has 0 radical (unpaired) electrons. The van der Waals surface area contributed by atoms with E-state index in [0.29, 0.717) is 6.42 Å². The quantitative estimate of drug-likeness (QED) is 0.690. The molecule has 0 aliphatic carbocycles. The second-order valence-electron chi connectivity index (χ2n) is 4.00. The molecule has 0 fully saturated rings. The first-order valence-corrected chi connectivity index (χ1v) is 5.82. The number of hydrogen-bond acceptors (Lipinski definition) is 2. The molecule has 1 heterocycles. The fourth-order valence-electron chi connectivity index (χ4n) is 1.83. The lowest BCUT2D eigenvalue weighted by Crippen LogP contribution is -2.15. The highest BCUT2D eigenvalue weighted by atomic mass is 16.1. The zero-order valence-corrected chi connectivity index (χ0v) is 9.92. The SMILES string of the molecule is CNCCCC(=O)Nc1cccc2[nH]ccc12. The van der Waals surface area contributed by atoms with Crippen molar-refractivity contribution in [2.45, 2.75) is 12.8 Å². The van der Waals surface area contributed by atoms with Crippen LogP contribution in [0, 0.1) is 0 Å². The van der Waals surface area contributed by atoms with Crippen molar-refractivity contribution in [1.29, 1.82) is 0 Å². The molecule has 3 N–H and O–H groups in total. The number of benzene rings is 1. The normalized spacial score (nSPS) is 10.6.